The number of likely N-dealkylation sites (N-methyl/N-ethyl adjacent to an activating group) is 1. The maximum absolute atomic E-state index is 14.6. The third kappa shape index (κ3) is 2.33. The van der Waals surface area contributed by atoms with Crippen molar-refractivity contribution < 1.29 is 4.39 Å². The first-order valence-corrected chi connectivity index (χ1v) is 7.94. The predicted octanol–water partition coefficient (Wildman–Crippen LogP) is 2.60. The molecule has 3 atom stereocenters. The lowest BCUT2D eigenvalue weighted by molar-refractivity contribution is 0.232. The highest BCUT2D eigenvalue weighted by Crippen LogP contribution is 2.53. The molecule has 1 heterocycles. The highest BCUT2D eigenvalue weighted by atomic mass is 19.1. The second-order valence-electron chi connectivity index (χ2n) is 6.54. The van der Waals surface area contributed by atoms with Crippen LogP contribution in [0.1, 0.15) is 11.5 Å². The minimum atomic E-state index is -1.86. The van der Waals surface area contributed by atoms with Crippen LogP contribution in [0, 0.1) is 62.5 Å². The van der Waals surface area contributed by atoms with E-state index in [0.717, 1.165) is 5.57 Å². The number of nitriles is 3. The van der Waals surface area contributed by atoms with Crippen LogP contribution in [-0.4, -0.2) is 30.7 Å². The highest BCUT2D eigenvalue weighted by molar-refractivity contribution is 6.00. The Balaban J connectivity index is 2.30. The summed E-state index contributed by atoms with van der Waals surface area (Å²) >= 11 is 0. The van der Waals surface area contributed by atoms with Crippen LogP contribution in [0.15, 0.2) is 35.9 Å². The van der Waals surface area contributed by atoms with Crippen molar-refractivity contribution in [3.05, 3.63) is 47.3 Å². The highest BCUT2D eigenvalue weighted by Gasteiger charge is 2.58. The van der Waals surface area contributed by atoms with E-state index in [-0.39, 0.29) is 17.2 Å². The lowest BCUT2D eigenvalue weighted by Crippen LogP contribution is -2.52. The van der Waals surface area contributed by atoms with Crippen LogP contribution in [-0.2, 0) is 0 Å². The molecule has 1 saturated carbocycles. The number of halogens is 1. The average molecular weight is 333 g/mol. The van der Waals surface area contributed by atoms with Gasteiger partial charge in [-0.25, -0.2) is 4.39 Å². The van der Waals surface area contributed by atoms with Crippen molar-refractivity contribution in [2.75, 3.05) is 20.1 Å². The molecular formula is C19H16FN5. The SMILES string of the molecule is CN1CC=C2C(C#N)C(=N)C(C#N)(C#N)[C@H](c3ccccc3F)[C@@H]2C1. The Morgan fingerprint density at radius 1 is 1.24 bits per heavy atom. The van der Waals surface area contributed by atoms with Gasteiger partial charge in [0.2, 0.25) is 0 Å². The molecule has 2 aliphatic rings. The molecule has 1 aliphatic heterocycles. The number of fused-ring (bicyclic) bond motifs is 1. The number of hydrogen-bond acceptors (Lipinski definition) is 5. The Morgan fingerprint density at radius 3 is 2.52 bits per heavy atom. The first-order chi connectivity index (χ1) is 12.0. The van der Waals surface area contributed by atoms with E-state index < -0.39 is 23.1 Å². The number of rotatable bonds is 1. The zero-order valence-electron chi connectivity index (χ0n) is 13.7. The molecule has 1 fully saturated rings. The zero-order chi connectivity index (χ0) is 18.2. The second-order valence-corrected chi connectivity index (χ2v) is 6.54. The van der Waals surface area contributed by atoms with Crippen LogP contribution in [0.2, 0.25) is 0 Å². The molecule has 0 spiro atoms. The summed E-state index contributed by atoms with van der Waals surface area (Å²) in [4.78, 5) is 2.00. The monoisotopic (exact) mass is 333 g/mol. The van der Waals surface area contributed by atoms with Crippen molar-refractivity contribution in [1.29, 1.82) is 21.2 Å². The van der Waals surface area contributed by atoms with Gasteiger partial charge in [0.15, 0.2) is 5.41 Å². The summed E-state index contributed by atoms with van der Waals surface area (Å²) in [7, 11) is 1.90. The number of nitrogens with one attached hydrogen (secondary N) is 1. The Kier molecular flexibility index (Phi) is 4.13. The summed E-state index contributed by atoms with van der Waals surface area (Å²) < 4.78 is 14.6. The quantitative estimate of drug-likeness (QED) is 0.799. The van der Waals surface area contributed by atoms with Gasteiger partial charge in [-0.15, -0.1) is 0 Å². The summed E-state index contributed by atoms with van der Waals surface area (Å²) in [6, 6.07) is 12.1. The minimum absolute atomic E-state index is 0.248. The summed E-state index contributed by atoms with van der Waals surface area (Å²) in [6.45, 7) is 1.12. The Morgan fingerprint density at radius 2 is 1.92 bits per heavy atom. The topological polar surface area (TPSA) is 98.5 Å². The van der Waals surface area contributed by atoms with Crippen molar-refractivity contribution in [2.24, 2.45) is 17.3 Å². The summed E-state index contributed by atoms with van der Waals surface area (Å²) in [5, 5.41) is 37.6. The van der Waals surface area contributed by atoms with E-state index in [4.69, 9.17) is 5.41 Å². The zero-order valence-corrected chi connectivity index (χ0v) is 13.7. The van der Waals surface area contributed by atoms with E-state index in [1.165, 1.54) is 6.07 Å². The predicted molar refractivity (Wildman–Crippen MR) is 88.7 cm³/mol. The Labute approximate surface area is 145 Å². The molecule has 0 aromatic heterocycles. The fraction of sp³-hybridized carbons (Fsp3) is 0.368. The molecule has 5 nitrogen and oxygen atoms in total. The van der Waals surface area contributed by atoms with Crippen LogP contribution < -0.4 is 0 Å². The third-order valence-corrected chi connectivity index (χ3v) is 5.21. The molecule has 3 rings (SSSR count). The second kappa shape index (κ2) is 6.13. The fourth-order valence-electron chi connectivity index (χ4n) is 4.02. The smallest absolute Gasteiger partial charge is 0.189 e. The van der Waals surface area contributed by atoms with Gasteiger partial charge < -0.3 is 10.3 Å². The molecule has 1 N–H and O–H groups in total. The Hall–Kier alpha value is -3.01. The molecule has 1 aromatic carbocycles. The first-order valence-electron chi connectivity index (χ1n) is 7.94. The molecule has 25 heavy (non-hydrogen) atoms. The van der Waals surface area contributed by atoms with E-state index in [1.54, 1.807) is 18.2 Å². The van der Waals surface area contributed by atoms with Crippen LogP contribution >= 0.6 is 0 Å². The van der Waals surface area contributed by atoms with Gasteiger partial charge in [0.05, 0.1) is 23.9 Å². The summed E-state index contributed by atoms with van der Waals surface area (Å²) in [6.07, 6.45) is 1.88. The molecular weight excluding hydrogens is 317 g/mol. The van der Waals surface area contributed by atoms with E-state index >= 15 is 0 Å². The van der Waals surface area contributed by atoms with Gasteiger partial charge in [-0.3, -0.25) is 0 Å². The van der Waals surface area contributed by atoms with E-state index in [0.29, 0.717) is 13.1 Å². The van der Waals surface area contributed by atoms with Gasteiger partial charge in [0, 0.05) is 24.9 Å². The van der Waals surface area contributed by atoms with Crippen LogP contribution in [0.25, 0.3) is 0 Å². The normalized spacial score (nSPS) is 28.0. The van der Waals surface area contributed by atoms with Crippen molar-refractivity contribution in [1.82, 2.24) is 4.90 Å². The summed E-state index contributed by atoms with van der Waals surface area (Å²) in [5.74, 6) is -2.61. The summed E-state index contributed by atoms with van der Waals surface area (Å²) in [5.41, 5.74) is -1.14. The van der Waals surface area contributed by atoms with Crippen LogP contribution in [0.5, 0.6) is 0 Å². The Bertz CT molecular complexity index is 868. The molecule has 1 unspecified atom stereocenters. The van der Waals surface area contributed by atoms with Crippen LogP contribution in [0.4, 0.5) is 4.39 Å². The van der Waals surface area contributed by atoms with Crippen molar-refractivity contribution in [3.8, 4) is 18.2 Å². The van der Waals surface area contributed by atoms with Gasteiger partial charge in [-0.05, 0) is 24.3 Å². The van der Waals surface area contributed by atoms with Gasteiger partial charge in [-0.2, -0.15) is 15.8 Å². The molecule has 124 valence electrons. The van der Waals surface area contributed by atoms with Crippen molar-refractivity contribution >= 4 is 5.71 Å². The first kappa shape index (κ1) is 16.8. The molecule has 1 aromatic rings. The number of hydrogen-bond donors (Lipinski definition) is 1. The molecule has 1 aliphatic carbocycles. The van der Waals surface area contributed by atoms with Crippen molar-refractivity contribution in [2.45, 2.75) is 5.92 Å². The molecule has 0 radical (unpaired) electrons. The standard InChI is InChI=1S/C19H16FN5/c1-25-7-6-12-14(8-21)18(24)19(10-22,11-23)17(15(12)9-25)13-4-2-3-5-16(13)20/h2-6,14-15,17,24H,7,9H2,1H3/t14?,15-,17-/m1/s1. The van der Waals surface area contributed by atoms with E-state index in [9.17, 15) is 20.2 Å². The van der Waals surface area contributed by atoms with E-state index in [1.807, 2.05) is 30.2 Å². The maximum atomic E-state index is 14.6. The average Bonchev–Trinajstić information content (AvgIpc) is 2.62. The maximum Gasteiger partial charge on any atom is 0.189 e. The number of nitrogens with zero attached hydrogens (tertiary/aromatic N) is 4. The van der Waals surface area contributed by atoms with Gasteiger partial charge in [0.1, 0.15) is 11.7 Å². The lowest BCUT2D eigenvalue weighted by atomic mass is 9.54. The van der Waals surface area contributed by atoms with Gasteiger partial charge in [-0.1, -0.05) is 24.3 Å². The molecule has 6 heteroatoms. The molecule has 0 amide bonds. The largest absolute Gasteiger partial charge is 0.305 e. The fourth-order valence-corrected chi connectivity index (χ4v) is 4.02. The van der Waals surface area contributed by atoms with Gasteiger partial charge >= 0.3 is 0 Å². The van der Waals surface area contributed by atoms with E-state index in [2.05, 4.69) is 6.07 Å². The third-order valence-electron chi connectivity index (χ3n) is 5.21. The molecule has 0 saturated heterocycles. The van der Waals surface area contributed by atoms with Crippen LogP contribution in [0.3, 0.4) is 0 Å². The number of benzene rings is 1. The van der Waals surface area contributed by atoms with Gasteiger partial charge in [0.25, 0.3) is 0 Å². The minimum Gasteiger partial charge on any atom is -0.305 e. The molecule has 0 bridgehead atoms. The van der Waals surface area contributed by atoms with Crippen molar-refractivity contribution in [3.63, 3.8) is 0 Å². The lowest BCUT2D eigenvalue weighted by Gasteiger charge is -2.47.